The fraction of sp³-hybridized carbons (Fsp3) is 0.0909. The Balaban J connectivity index is 1.89. The van der Waals surface area contributed by atoms with Crippen molar-refractivity contribution in [3.63, 3.8) is 0 Å². The number of nitrogens with one attached hydrogen (secondary N) is 3. The molecular formula is C22H20N6O2. The molecule has 0 radical (unpaired) electrons. The number of hydrogen-bond donors (Lipinski definition) is 4. The lowest BCUT2D eigenvalue weighted by Crippen LogP contribution is -2.19. The summed E-state index contributed by atoms with van der Waals surface area (Å²) >= 11 is 0. The Labute approximate surface area is 173 Å². The van der Waals surface area contributed by atoms with Gasteiger partial charge in [-0.15, -0.1) is 6.42 Å². The Hall–Kier alpha value is -4.38. The molecule has 5 N–H and O–H groups in total. The van der Waals surface area contributed by atoms with Gasteiger partial charge in [0, 0.05) is 24.5 Å². The predicted molar refractivity (Wildman–Crippen MR) is 116 cm³/mol. The van der Waals surface area contributed by atoms with E-state index in [1.54, 1.807) is 24.3 Å². The zero-order chi connectivity index (χ0) is 21.5. The third-order valence-electron chi connectivity index (χ3n) is 4.07. The minimum atomic E-state index is -0.680. The molecule has 0 fully saturated rings. The van der Waals surface area contributed by atoms with Gasteiger partial charge in [-0.1, -0.05) is 42.3 Å². The van der Waals surface area contributed by atoms with Crippen molar-refractivity contribution in [1.82, 2.24) is 9.97 Å². The second-order valence-corrected chi connectivity index (χ2v) is 6.36. The molecule has 1 heterocycles. The van der Waals surface area contributed by atoms with Crippen LogP contribution in [0.4, 0.5) is 23.1 Å². The minimum Gasteiger partial charge on any atom is -0.365 e. The third kappa shape index (κ3) is 5.11. The lowest BCUT2D eigenvalue weighted by Gasteiger charge is -2.17. The van der Waals surface area contributed by atoms with E-state index in [0.717, 1.165) is 5.56 Å². The van der Waals surface area contributed by atoms with E-state index in [1.165, 1.54) is 13.1 Å². The van der Waals surface area contributed by atoms with Crippen molar-refractivity contribution in [3.8, 4) is 12.3 Å². The Kier molecular flexibility index (Phi) is 6.25. The second-order valence-electron chi connectivity index (χ2n) is 6.36. The quantitative estimate of drug-likeness (QED) is 0.452. The number of nitrogens with zero attached hydrogens (tertiary/aromatic N) is 2. The molecule has 2 aromatic carbocycles. The van der Waals surface area contributed by atoms with Gasteiger partial charge in [0.1, 0.15) is 11.9 Å². The zero-order valence-corrected chi connectivity index (χ0v) is 16.2. The molecule has 1 aromatic heterocycles. The number of hydrogen-bond acceptors (Lipinski definition) is 6. The highest BCUT2D eigenvalue weighted by atomic mass is 16.1. The van der Waals surface area contributed by atoms with Crippen LogP contribution in [0.1, 0.15) is 28.9 Å². The van der Waals surface area contributed by atoms with Crippen molar-refractivity contribution in [2.45, 2.75) is 13.0 Å². The summed E-state index contributed by atoms with van der Waals surface area (Å²) in [6.07, 6.45) is 7.00. The summed E-state index contributed by atoms with van der Waals surface area (Å²) in [5.41, 5.74) is 7.69. The summed E-state index contributed by atoms with van der Waals surface area (Å²) in [5, 5.41) is 8.81. The van der Waals surface area contributed by atoms with Crippen molar-refractivity contribution in [3.05, 3.63) is 71.9 Å². The van der Waals surface area contributed by atoms with E-state index in [0.29, 0.717) is 11.4 Å². The van der Waals surface area contributed by atoms with E-state index in [4.69, 9.17) is 12.2 Å². The first kappa shape index (κ1) is 20.4. The minimum absolute atomic E-state index is 0.115. The first-order chi connectivity index (χ1) is 14.5. The summed E-state index contributed by atoms with van der Waals surface area (Å²) in [5.74, 6) is 2.23. The van der Waals surface area contributed by atoms with Gasteiger partial charge in [-0.25, -0.2) is 4.98 Å². The Bertz CT molecular complexity index is 1110. The molecule has 0 bridgehead atoms. The Morgan fingerprint density at radius 2 is 1.83 bits per heavy atom. The second kappa shape index (κ2) is 9.21. The maximum Gasteiger partial charge on any atom is 0.254 e. The molecule has 150 valence electrons. The van der Waals surface area contributed by atoms with Crippen LogP contribution in [0.3, 0.4) is 0 Å². The summed E-state index contributed by atoms with van der Waals surface area (Å²) in [4.78, 5) is 31.6. The van der Waals surface area contributed by atoms with Crippen LogP contribution in [0.2, 0.25) is 0 Å². The van der Waals surface area contributed by atoms with Gasteiger partial charge < -0.3 is 21.7 Å². The van der Waals surface area contributed by atoms with Crippen molar-refractivity contribution in [2.75, 3.05) is 16.0 Å². The van der Waals surface area contributed by atoms with Crippen LogP contribution in [0.25, 0.3) is 0 Å². The highest BCUT2D eigenvalue weighted by molar-refractivity contribution is 5.97. The number of nitrogens with two attached hydrogens (primary N) is 1. The number of primary amides is 1. The van der Waals surface area contributed by atoms with E-state index in [9.17, 15) is 9.59 Å². The molecular weight excluding hydrogens is 380 g/mol. The smallest absolute Gasteiger partial charge is 0.254 e. The van der Waals surface area contributed by atoms with Crippen LogP contribution >= 0.6 is 0 Å². The molecule has 0 saturated heterocycles. The van der Waals surface area contributed by atoms with Crippen molar-refractivity contribution in [2.24, 2.45) is 5.73 Å². The number of rotatable bonds is 7. The monoisotopic (exact) mass is 400 g/mol. The van der Waals surface area contributed by atoms with Gasteiger partial charge in [-0.05, 0) is 23.8 Å². The van der Waals surface area contributed by atoms with Gasteiger partial charge >= 0.3 is 0 Å². The normalized spacial score (nSPS) is 11.1. The van der Waals surface area contributed by atoms with E-state index in [-0.39, 0.29) is 23.2 Å². The van der Waals surface area contributed by atoms with Crippen LogP contribution in [0.5, 0.6) is 0 Å². The first-order valence-electron chi connectivity index (χ1n) is 9.05. The molecule has 8 heteroatoms. The SMILES string of the molecule is C#CC(Nc1nc(Nc2cccc(NC(C)=O)c2)ncc1C(N)=O)c1ccccc1. The van der Waals surface area contributed by atoms with Crippen LogP contribution < -0.4 is 21.7 Å². The molecule has 0 spiro atoms. The van der Waals surface area contributed by atoms with Gasteiger partial charge in [-0.3, -0.25) is 9.59 Å². The van der Waals surface area contributed by atoms with E-state index in [1.807, 2.05) is 30.3 Å². The summed E-state index contributed by atoms with van der Waals surface area (Å²) in [6, 6.07) is 15.9. The largest absolute Gasteiger partial charge is 0.365 e. The number of carbonyl (C=O) groups excluding carboxylic acids is 2. The molecule has 3 aromatic rings. The third-order valence-corrected chi connectivity index (χ3v) is 4.07. The molecule has 2 amide bonds. The molecule has 0 aliphatic heterocycles. The molecule has 8 nitrogen and oxygen atoms in total. The summed E-state index contributed by atoms with van der Waals surface area (Å²) in [6.45, 7) is 1.43. The number of terminal acetylenes is 1. The molecule has 1 atom stereocenters. The maximum atomic E-state index is 11.8. The average molecular weight is 400 g/mol. The molecule has 3 rings (SSSR count). The predicted octanol–water partition coefficient (Wildman–Crippen LogP) is 3.06. The lowest BCUT2D eigenvalue weighted by molar-refractivity contribution is -0.114. The van der Waals surface area contributed by atoms with Crippen molar-refractivity contribution >= 4 is 35.0 Å². The van der Waals surface area contributed by atoms with Crippen LogP contribution in [0.15, 0.2) is 60.8 Å². The molecule has 0 aliphatic carbocycles. The standard InChI is InChI=1S/C22H20N6O2/c1-3-19(15-8-5-4-6-9-15)27-21-18(20(23)30)13-24-22(28-21)26-17-11-7-10-16(12-17)25-14(2)29/h1,4-13,19H,2H3,(H2,23,30)(H,25,29)(H2,24,26,27,28). The number of anilines is 4. The van der Waals surface area contributed by atoms with Crippen molar-refractivity contribution in [1.29, 1.82) is 0 Å². The molecule has 30 heavy (non-hydrogen) atoms. The fourth-order valence-corrected chi connectivity index (χ4v) is 2.74. The molecule has 1 unspecified atom stereocenters. The van der Waals surface area contributed by atoms with Crippen LogP contribution in [0, 0.1) is 12.3 Å². The first-order valence-corrected chi connectivity index (χ1v) is 9.05. The van der Waals surface area contributed by atoms with E-state index >= 15 is 0 Å². The van der Waals surface area contributed by atoms with E-state index in [2.05, 4.69) is 31.8 Å². The number of amides is 2. The Morgan fingerprint density at radius 1 is 1.10 bits per heavy atom. The summed E-state index contributed by atoms with van der Waals surface area (Å²) in [7, 11) is 0. The van der Waals surface area contributed by atoms with Crippen LogP contribution in [-0.2, 0) is 4.79 Å². The highest BCUT2D eigenvalue weighted by Crippen LogP contribution is 2.23. The molecule has 0 aliphatic rings. The van der Waals surface area contributed by atoms with Gasteiger partial charge in [0.2, 0.25) is 11.9 Å². The van der Waals surface area contributed by atoms with Crippen molar-refractivity contribution < 1.29 is 9.59 Å². The Morgan fingerprint density at radius 3 is 2.50 bits per heavy atom. The van der Waals surface area contributed by atoms with Gasteiger partial charge in [0.05, 0.1) is 5.56 Å². The zero-order valence-electron chi connectivity index (χ0n) is 16.2. The van der Waals surface area contributed by atoms with E-state index < -0.39 is 11.9 Å². The number of carbonyl (C=O) groups is 2. The fourth-order valence-electron chi connectivity index (χ4n) is 2.74. The summed E-state index contributed by atoms with van der Waals surface area (Å²) < 4.78 is 0. The number of aromatic nitrogens is 2. The number of benzene rings is 2. The average Bonchev–Trinajstić information content (AvgIpc) is 2.72. The van der Waals surface area contributed by atoms with Gasteiger partial charge in [0.15, 0.2) is 0 Å². The van der Waals surface area contributed by atoms with Gasteiger partial charge in [-0.2, -0.15) is 4.98 Å². The topological polar surface area (TPSA) is 122 Å². The highest BCUT2D eigenvalue weighted by Gasteiger charge is 2.16. The lowest BCUT2D eigenvalue weighted by atomic mass is 10.1. The maximum absolute atomic E-state index is 11.8. The van der Waals surface area contributed by atoms with Crippen LogP contribution in [-0.4, -0.2) is 21.8 Å². The van der Waals surface area contributed by atoms with Gasteiger partial charge in [0.25, 0.3) is 5.91 Å². The molecule has 0 saturated carbocycles.